The summed E-state index contributed by atoms with van der Waals surface area (Å²) in [5, 5.41) is 4.29. The Morgan fingerprint density at radius 3 is 2.43 bits per heavy atom. The molecule has 5 nitrogen and oxygen atoms in total. The van der Waals surface area contributed by atoms with Gasteiger partial charge < -0.3 is 0 Å². The van der Waals surface area contributed by atoms with Crippen molar-refractivity contribution in [3.63, 3.8) is 0 Å². The molecule has 28 heavy (non-hydrogen) atoms. The summed E-state index contributed by atoms with van der Waals surface area (Å²) in [5.74, 6) is 0.455. The van der Waals surface area contributed by atoms with Crippen LogP contribution >= 0.6 is 11.3 Å². The second kappa shape index (κ2) is 7.48. The van der Waals surface area contributed by atoms with Crippen LogP contribution in [0.4, 0.5) is 0 Å². The summed E-state index contributed by atoms with van der Waals surface area (Å²) in [6.07, 6.45) is 2.16. The van der Waals surface area contributed by atoms with E-state index >= 15 is 0 Å². The smallest absolute Gasteiger partial charge is 0.266 e. The molecule has 0 radical (unpaired) electrons. The van der Waals surface area contributed by atoms with Crippen LogP contribution in [0.5, 0.6) is 0 Å². The average molecular weight is 389 g/mol. The van der Waals surface area contributed by atoms with Crippen molar-refractivity contribution in [2.24, 2.45) is 0 Å². The van der Waals surface area contributed by atoms with Gasteiger partial charge in [-0.3, -0.25) is 9.59 Å². The monoisotopic (exact) mass is 389 g/mol. The maximum atomic E-state index is 12.8. The molecule has 0 aliphatic heterocycles. The van der Waals surface area contributed by atoms with Crippen LogP contribution in [0.2, 0.25) is 0 Å². The lowest BCUT2D eigenvalue weighted by molar-refractivity contribution is 0.811. The van der Waals surface area contributed by atoms with Crippen LogP contribution in [0, 0.1) is 0 Å². The molecule has 2 aromatic heterocycles. The van der Waals surface area contributed by atoms with Crippen molar-refractivity contribution < 1.29 is 0 Å². The molecule has 0 fully saturated rings. The lowest BCUT2D eigenvalue weighted by Gasteiger charge is -2.04. The van der Waals surface area contributed by atoms with Gasteiger partial charge in [-0.25, -0.2) is 0 Å². The van der Waals surface area contributed by atoms with E-state index in [4.69, 9.17) is 0 Å². The van der Waals surface area contributed by atoms with Crippen molar-refractivity contribution in [3.8, 4) is 0 Å². The zero-order chi connectivity index (χ0) is 19.7. The lowest BCUT2D eigenvalue weighted by atomic mass is 10.0. The Kier molecular flexibility index (Phi) is 4.88. The number of rotatable bonds is 4. The molecule has 0 spiro atoms. The van der Waals surface area contributed by atoms with Gasteiger partial charge in [-0.05, 0) is 28.7 Å². The molecule has 0 aliphatic carbocycles. The summed E-state index contributed by atoms with van der Waals surface area (Å²) in [4.78, 5) is 29.5. The number of hydrogen-bond acceptors (Lipinski definition) is 5. The van der Waals surface area contributed by atoms with Crippen molar-refractivity contribution in [3.05, 3.63) is 102 Å². The number of hydrogen-bond donors (Lipinski definition) is 0. The van der Waals surface area contributed by atoms with E-state index in [2.05, 4.69) is 36.1 Å². The van der Waals surface area contributed by atoms with Gasteiger partial charge >= 0.3 is 0 Å². The van der Waals surface area contributed by atoms with E-state index in [-0.39, 0.29) is 11.3 Å². The first-order chi connectivity index (χ1) is 13.5. The number of benzene rings is 2. The highest BCUT2D eigenvalue weighted by molar-refractivity contribution is 7.15. The third kappa shape index (κ3) is 3.64. The van der Waals surface area contributed by atoms with E-state index in [1.807, 2.05) is 48.5 Å². The van der Waals surface area contributed by atoms with Gasteiger partial charge in [0.2, 0.25) is 4.96 Å². The third-order valence-electron chi connectivity index (χ3n) is 4.57. The largest absolute Gasteiger partial charge is 0.296 e. The van der Waals surface area contributed by atoms with Gasteiger partial charge in [-0.15, -0.1) is 0 Å². The lowest BCUT2D eigenvalue weighted by Crippen LogP contribution is -2.28. The molecule has 4 rings (SSSR count). The van der Waals surface area contributed by atoms with Crippen LogP contribution < -0.4 is 15.7 Å². The predicted molar refractivity (Wildman–Crippen MR) is 112 cm³/mol. The maximum Gasteiger partial charge on any atom is 0.296 e. The summed E-state index contributed by atoms with van der Waals surface area (Å²) in [7, 11) is 0. The molecular formula is C22H19N3O2S. The van der Waals surface area contributed by atoms with Gasteiger partial charge in [0.25, 0.3) is 11.1 Å². The van der Waals surface area contributed by atoms with Crippen molar-refractivity contribution in [2.45, 2.75) is 26.2 Å². The van der Waals surface area contributed by atoms with Gasteiger partial charge in [0, 0.05) is 6.42 Å². The quantitative estimate of drug-likeness (QED) is 0.538. The molecule has 2 aromatic carbocycles. The van der Waals surface area contributed by atoms with Crippen molar-refractivity contribution in [1.82, 2.24) is 14.6 Å². The Bertz CT molecular complexity index is 1290. The maximum absolute atomic E-state index is 12.8. The van der Waals surface area contributed by atoms with E-state index in [1.165, 1.54) is 21.4 Å². The van der Waals surface area contributed by atoms with Gasteiger partial charge in [-0.1, -0.05) is 79.8 Å². The minimum atomic E-state index is -0.391. The summed E-state index contributed by atoms with van der Waals surface area (Å²) in [6, 6.07) is 17.7. The molecule has 0 saturated heterocycles. The minimum Gasteiger partial charge on any atom is -0.266 e. The van der Waals surface area contributed by atoms with Gasteiger partial charge in [0.15, 0.2) is 0 Å². The molecule has 2 heterocycles. The van der Waals surface area contributed by atoms with E-state index < -0.39 is 5.56 Å². The first-order valence-corrected chi connectivity index (χ1v) is 9.91. The highest BCUT2D eigenvalue weighted by Crippen LogP contribution is 2.15. The Morgan fingerprint density at radius 2 is 1.75 bits per heavy atom. The number of thiazole rings is 1. The molecule has 0 bridgehead atoms. The van der Waals surface area contributed by atoms with Crippen LogP contribution in [0.25, 0.3) is 11.0 Å². The fourth-order valence-electron chi connectivity index (χ4n) is 2.97. The SMILES string of the molecule is CC(C)c1ccc(/C=c2/sc3nc(=O)c(Cc4ccccc4)nn3c2=O)cc1. The second-order valence-corrected chi connectivity index (χ2v) is 7.97. The molecule has 0 unspecified atom stereocenters. The average Bonchev–Trinajstić information content (AvgIpc) is 2.98. The van der Waals surface area contributed by atoms with Crippen LogP contribution in [-0.2, 0) is 6.42 Å². The standard InChI is InChI=1S/C22H19N3O2S/c1-14(2)17-10-8-16(9-11-17)13-19-21(27)25-22(28-19)23-20(26)18(24-25)12-15-6-4-3-5-7-15/h3-11,13-14H,12H2,1-2H3/b19-13+. The molecule has 6 heteroatoms. The van der Waals surface area contributed by atoms with Gasteiger partial charge in [-0.2, -0.15) is 14.6 Å². The number of fused-ring (bicyclic) bond motifs is 1. The summed E-state index contributed by atoms with van der Waals surface area (Å²) in [6.45, 7) is 4.28. The van der Waals surface area contributed by atoms with E-state index in [1.54, 1.807) is 0 Å². The summed E-state index contributed by atoms with van der Waals surface area (Å²) >= 11 is 1.18. The molecule has 0 atom stereocenters. The molecule has 0 N–H and O–H groups in total. The van der Waals surface area contributed by atoms with E-state index in [0.717, 1.165) is 11.1 Å². The fraction of sp³-hybridized carbons (Fsp3) is 0.182. The van der Waals surface area contributed by atoms with E-state index in [0.29, 0.717) is 21.8 Å². The highest BCUT2D eigenvalue weighted by atomic mass is 32.1. The molecule has 0 aliphatic rings. The first kappa shape index (κ1) is 18.3. The van der Waals surface area contributed by atoms with Crippen LogP contribution in [0.1, 0.15) is 42.1 Å². The summed E-state index contributed by atoms with van der Waals surface area (Å²) < 4.78 is 1.74. The van der Waals surface area contributed by atoms with E-state index in [9.17, 15) is 9.59 Å². The van der Waals surface area contributed by atoms with Crippen molar-refractivity contribution in [2.75, 3.05) is 0 Å². The predicted octanol–water partition coefficient (Wildman–Crippen LogP) is 2.77. The van der Waals surface area contributed by atoms with Crippen LogP contribution in [0.15, 0.2) is 64.2 Å². The third-order valence-corrected chi connectivity index (χ3v) is 5.52. The highest BCUT2D eigenvalue weighted by Gasteiger charge is 2.11. The Labute approximate surface area is 165 Å². The zero-order valence-corrected chi connectivity index (χ0v) is 16.4. The Morgan fingerprint density at radius 1 is 1.04 bits per heavy atom. The molecule has 0 saturated carbocycles. The van der Waals surface area contributed by atoms with Gasteiger partial charge in [0.05, 0.1) is 4.53 Å². The zero-order valence-electron chi connectivity index (χ0n) is 15.6. The fourth-order valence-corrected chi connectivity index (χ4v) is 3.87. The molecular weight excluding hydrogens is 370 g/mol. The number of nitrogens with zero attached hydrogens (tertiary/aromatic N) is 3. The van der Waals surface area contributed by atoms with Crippen LogP contribution in [-0.4, -0.2) is 14.6 Å². The summed E-state index contributed by atoms with van der Waals surface area (Å²) in [5.41, 5.74) is 2.75. The topological polar surface area (TPSA) is 64.3 Å². The second-order valence-electron chi connectivity index (χ2n) is 6.96. The molecule has 140 valence electrons. The molecule has 4 aromatic rings. The Hall–Kier alpha value is -3.12. The van der Waals surface area contributed by atoms with Crippen molar-refractivity contribution >= 4 is 22.4 Å². The first-order valence-electron chi connectivity index (χ1n) is 9.09. The molecule has 0 amide bonds. The Balaban J connectivity index is 1.76. The van der Waals surface area contributed by atoms with Crippen molar-refractivity contribution in [1.29, 1.82) is 0 Å². The minimum absolute atomic E-state index is 0.255. The normalized spacial score (nSPS) is 12.2. The van der Waals surface area contributed by atoms with Gasteiger partial charge in [0.1, 0.15) is 5.69 Å². The number of aromatic nitrogens is 3. The van der Waals surface area contributed by atoms with Crippen LogP contribution in [0.3, 0.4) is 0 Å².